The first-order chi connectivity index (χ1) is 14.7. The van der Waals surface area contributed by atoms with Gasteiger partial charge in [-0.25, -0.2) is 9.98 Å². The third-order valence-electron chi connectivity index (χ3n) is 5.42. The van der Waals surface area contributed by atoms with Crippen molar-refractivity contribution in [1.82, 2.24) is 9.55 Å². The molecule has 0 bridgehead atoms. The highest BCUT2D eigenvalue weighted by molar-refractivity contribution is 9.10. The molecule has 4 aromatic rings. The van der Waals surface area contributed by atoms with Crippen LogP contribution in [-0.2, 0) is 0 Å². The van der Waals surface area contributed by atoms with Crippen LogP contribution in [0.25, 0.3) is 11.3 Å². The van der Waals surface area contributed by atoms with E-state index in [1.807, 2.05) is 30.3 Å². The fourth-order valence-electron chi connectivity index (χ4n) is 3.82. The Bertz CT molecular complexity index is 1200. The summed E-state index contributed by atoms with van der Waals surface area (Å²) >= 11 is 3.52. The van der Waals surface area contributed by atoms with Gasteiger partial charge in [-0.05, 0) is 35.4 Å². The number of hydrogen-bond donors (Lipinski definition) is 0. The van der Waals surface area contributed by atoms with Gasteiger partial charge in [-0.15, -0.1) is 0 Å². The predicted molar refractivity (Wildman–Crippen MR) is 124 cm³/mol. The molecule has 1 aromatic heterocycles. The van der Waals surface area contributed by atoms with E-state index in [-0.39, 0.29) is 6.04 Å². The first-order valence-electron chi connectivity index (χ1n) is 9.83. The fourth-order valence-corrected chi connectivity index (χ4v) is 4.09. The number of fused-ring (bicyclic) bond motifs is 1. The summed E-state index contributed by atoms with van der Waals surface area (Å²) in [6.07, 6.45) is 2.91. The minimum Gasteiger partial charge on any atom is -0.497 e. The molecule has 0 fully saturated rings. The smallest absolute Gasteiger partial charge is 0.230 e. The standard InChI is InChI=1S/C25H20BrN3O/c1-30-21-13-9-19(10-14-21)24-15-22(18-7-11-20(26)12-8-18)27-25-28-23(16-29(24)25)17-5-3-2-4-6-17/h2-14,16,24H,15H2,1H3. The van der Waals surface area contributed by atoms with Crippen molar-refractivity contribution in [2.75, 3.05) is 7.11 Å². The Hall–Kier alpha value is -3.18. The van der Waals surface area contributed by atoms with Gasteiger partial charge < -0.3 is 9.30 Å². The normalized spacial score (nSPS) is 15.4. The Morgan fingerprint density at radius 1 is 0.900 bits per heavy atom. The minimum atomic E-state index is 0.118. The van der Waals surface area contributed by atoms with Gasteiger partial charge >= 0.3 is 0 Å². The average Bonchev–Trinajstić information content (AvgIpc) is 3.24. The molecule has 0 saturated heterocycles. The minimum absolute atomic E-state index is 0.118. The summed E-state index contributed by atoms with van der Waals surface area (Å²) in [5.41, 5.74) is 5.39. The van der Waals surface area contributed by atoms with Crippen LogP contribution in [0.4, 0.5) is 5.95 Å². The van der Waals surface area contributed by atoms with E-state index in [1.165, 1.54) is 5.56 Å². The second-order valence-electron chi connectivity index (χ2n) is 7.26. The molecule has 2 heterocycles. The first kappa shape index (κ1) is 18.8. The van der Waals surface area contributed by atoms with Crippen molar-refractivity contribution in [3.8, 4) is 17.0 Å². The van der Waals surface area contributed by atoms with Crippen LogP contribution in [0, 0.1) is 0 Å². The van der Waals surface area contributed by atoms with Crippen LogP contribution in [0.2, 0.25) is 0 Å². The van der Waals surface area contributed by atoms with E-state index in [2.05, 4.69) is 75.2 Å². The number of rotatable bonds is 4. The van der Waals surface area contributed by atoms with E-state index >= 15 is 0 Å². The Morgan fingerprint density at radius 3 is 2.33 bits per heavy atom. The Kier molecular flexibility index (Phi) is 4.97. The molecule has 4 nitrogen and oxygen atoms in total. The molecule has 30 heavy (non-hydrogen) atoms. The molecule has 0 aliphatic carbocycles. The van der Waals surface area contributed by atoms with Crippen molar-refractivity contribution in [2.45, 2.75) is 12.5 Å². The topological polar surface area (TPSA) is 39.4 Å². The number of aromatic nitrogens is 2. The number of ether oxygens (including phenoxy) is 1. The summed E-state index contributed by atoms with van der Waals surface area (Å²) in [6, 6.07) is 26.9. The zero-order valence-corrected chi connectivity index (χ0v) is 18.1. The van der Waals surface area contributed by atoms with E-state index < -0.39 is 0 Å². The van der Waals surface area contributed by atoms with Crippen LogP contribution in [0.3, 0.4) is 0 Å². The maximum absolute atomic E-state index is 5.34. The van der Waals surface area contributed by atoms with Crippen LogP contribution >= 0.6 is 15.9 Å². The van der Waals surface area contributed by atoms with E-state index in [1.54, 1.807) is 7.11 Å². The number of methoxy groups -OCH3 is 1. The summed E-state index contributed by atoms with van der Waals surface area (Å²) in [6.45, 7) is 0. The third kappa shape index (κ3) is 3.57. The van der Waals surface area contributed by atoms with Crippen molar-refractivity contribution in [1.29, 1.82) is 0 Å². The lowest BCUT2D eigenvalue weighted by Gasteiger charge is -2.25. The molecule has 0 spiro atoms. The monoisotopic (exact) mass is 457 g/mol. The van der Waals surface area contributed by atoms with Crippen molar-refractivity contribution < 1.29 is 4.74 Å². The predicted octanol–water partition coefficient (Wildman–Crippen LogP) is 6.44. The van der Waals surface area contributed by atoms with Crippen molar-refractivity contribution in [3.05, 3.63) is 101 Å². The Labute approximate surface area is 184 Å². The van der Waals surface area contributed by atoms with Crippen LogP contribution in [-0.4, -0.2) is 22.4 Å². The number of halogens is 1. The van der Waals surface area contributed by atoms with Crippen molar-refractivity contribution in [3.63, 3.8) is 0 Å². The number of aliphatic imine (C=N–C) groups is 1. The van der Waals surface area contributed by atoms with Crippen molar-refractivity contribution in [2.24, 2.45) is 4.99 Å². The van der Waals surface area contributed by atoms with Gasteiger partial charge in [-0.3, -0.25) is 0 Å². The van der Waals surface area contributed by atoms with E-state index in [0.717, 1.165) is 45.1 Å². The molecule has 0 saturated carbocycles. The van der Waals surface area contributed by atoms with E-state index in [0.29, 0.717) is 0 Å². The van der Waals surface area contributed by atoms with Gasteiger partial charge in [-0.1, -0.05) is 70.5 Å². The van der Waals surface area contributed by atoms with Crippen LogP contribution in [0.15, 0.2) is 94.5 Å². The lowest BCUT2D eigenvalue weighted by Crippen LogP contribution is -2.19. The highest BCUT2D eigenvalue weighted by atomic mass is 79.9. The lowest BCUT2D eigenvalue weighted by molar-refractivity contribution is 0.414. The lowest BCUT2D eigenvalue weighted by atomic mass is 9.95. The quantitative estimate of drug-likeness (QED) is 0.353. The molecule has 5 rings (SSSR count). The Morgan fingerprint density at radius 2 is 1.63 bits per heavy atom. The van der Waals surface area contributed by atoms with E-state index in [4.69, 9.17) is 14.7 Å². The van der Waals surface area contributed by atoms with Crippen LogP contribution < -0.4 is 4.74 Å². The number of benzene rings is 3. The Balaban J connectivity index is 1.62. The van der Waals surface area contributed by atoms with Crippen molar-refractivity contribution >= 4 is 27.6 Å². The summed E-state index contributed by atoms with van der Waals surface area (Å²) < 4.78 is 8.59. The molecule has 0 N–H and O–H groups in total. The van der Waals surface area contributed by atoms with Crippen LogP contribution in [0.1, 0.15) is 23.6 Å². The van der Waals surface area contributed by atoms with E-state index in [9.17, 15) is 0 Å². The molecule has 1 aliphatic heterocycles. The third-order valence-corrected chi connectivity index (χ3v) is 5.95. The summed E-state index contributed by atoms with van der Waals surface area (Å²) in [5.74, 6) is 1.59. The van der Waals surface area contributed by atoms with Gasteiger partial charge in [0, 0.05) is 22.7 Å². The molecular formula is C25H20BrN3O. The second-order valence-corrected chi connectivity index (χ2v) is 8.17. The summed E-state index contributed by atoms with van der Waals surface area (Å²) in [4.78, 5) is 9.79. The molecule has 0 amide bonds. The van der Waals surface area contributed by atoms with Crippen LogP contribution in [0.5, 0.6) is 5.75 Å². The molecule has 0 radical (unpaired) electrons. The maximum Gasteiger partial charge on any atom is 0.230 e. The second kappa shape index (κ2) is 7.92. The number of nitrogens with zero attached hydrogens (tertiary/aromatic N) is 3. The highest BCUT2D eigenvalue weighted by Crippen LogP contribution is 2.36. The highest BCUT2D eigenvalue weighted by Gasteiger charge is 2.26. The largest absolute Gasteiger partial charge is 0.497 e. The molecule has 1 atom stereocenters. The summed E-state index contributed by atoms with van der Waals surface area (Å²) in [7, 11) is 1.69. The molecule has 1 unspecified atom stereocenters. The SMILES string of the molecule is COc1ccc(C2CC(c3ccc(Br)cc3)=Nc3nc(-c4ccccc4)cn32)cc1. The molecular weight excluding hydrogens is 438 g/mol. The summed E-state index contributed by atoms with van der Waals surface area (Å²) in [5, 5.41) is 0. The van der Waals surface area contributed by atoms with Gasteiger partial charge in [0.2, 0.25) is 5.95 Å². The number of imidazole rings is 1. The molecule has 1 aliphatic rings. The molecule has 3 aromatic carbocycles. The first-order valence-corrected chi connectivity index (χ1v) is 10.6. The van der Waals surface area contributed by atoms with Gasteiger partial charge in [0.25, 0.3) is 0 Å². The van der Waals surface area contributed by atoms with Gasteiger partial charge in [0.05, 0.1) is 24.6 Å². The fraction of sp³-hybridized carbons (Fsp3) is 0.120. The van der Waals surface area contributed by atoms with Gasteiger partial charge in [-0.2, -0.15) is 0 Å². The molecule has 5 heteroatoms. The zero-order valence-electron chi connectivity index (χ0n) is 16.5. The maximum atomic E-state index is 5.34. The van der Waals surface area contributed by atoms with Gasteiger partial charge in [0.15, 0.2) is 0 Å². The molecule has 148 valence electrons. The zero-order chi connectivity index (χ0) is 20.5. The number of hydrogen-bond acceptors (Lipinski definition) is 3. The average molecular weight is 458 g/mol. The van der Waals surface area contributed by atoms with Gasteiger partial charge in [0.1, 0.15) is 5.75 Å².